The standard InChI is InChI=1S/C26H24FN3O3/c1-32-18-11-12-21-20(15-18)19-13-14-30(26(31)29-22-5-3-4-6-23(22)33-2)25(24(19)28-21)16-7-9-17(27)10-8-16/h3-12,15,25,28H,13-14H2,1-2H3,(H,29,31)/t25-/m0/s1. The fraction of sp³-hybridized carbons (Fsp3) is 0.192. The van der Waals surface area contributed by atoms with Crippen LogP contribution in [-0.2, 0) is 6.42 Å². The molecule has 0 aliphatic carbocycles. The first-order valence-corrected chi connectivity index (χ1v) is 10.7. The van der Waals surface area contributed by atoms with Crippen LogP contribution in [0.4, 0.5) is 14.9 Å². The number of ether oxygens (including phenoxy) is 2. The number of nitrogens with one attached hydrogen (secondary N) is 2. The molecular formula is C26H24FN3O3. The van der Waals surface area contributed by atoms with E-state index in [1.54, 1.807) is 43.4 Å². The van der Waals surface area contributed by atoms with E-state index in [1.807, 2.05) is 30.3 Å². The summed E-state index contributed by atoms with van der Waals surface area (Å²) in [4.78, 5) is 18.7. The molecule has 0 radical (unpaired) electrons. The van der Waals surface area contributed by atoms with E-state index in [4.69, 9.17) is 9.47 Å². The van der Waals surface area contributed by atoms with Crippen molar-refractivity contribution in [3.05, 3.63) is 89.4 Å². The lowest BCUT2D eigenvalue weighted by Gasteiger charge is -2.36. The zero-order valence-electron chi connectivity index (χ0n) is 18.4. The van der Waals surface area contributed by atoms with E-state index in [0.717, 1.165) is 33.5 Å². The summed E-state index contributed by atoms with van der Waals surface area (Å²) in [5, 5.41) is 4.05. The zero-order chi connectivity index (χ0) is 22.9. The maximum Gasteiger partial charge on any atom is 0.322 e. The van der Waals surface area contributed by atoms with E-state index in [-0.39, 0.29) is 11.8 Å². The molecule has 6 nitrogen and oxygen atoms in total. The van der Waals surface area contributed by atoms with Gasteiger partial charge in [0.05, 0.1) is 25.9 Å². The smallest absolute Gasteiger partial charge is 0.322 e. The second-order valence-electron chi connectivity index (χ2n) is 7.96. The molecule has 2 N–H and O–H groups in total. The van der Waals surface area contributed by atoms with Gasteiger partial charge in [0.1, 0.15) is 17.3 Å². The number of amides is 2. The van der Waals surface area contributed by atoms with Crippen LogP contribution in [0.2, 0.25) is 0 Å². The maximum absolute atomic E-state index is 13.7. The molecule has 0 saturated carbocycles. The van der Waals surface area contributed by atoms with Gasteiger partial charge in [0, 0.05) is 23.1 Å². The molecule has 33 heavy (non-hydrogen) atoms. The molecule has 4 aromatic rings. The second kappa shape index (κ2) is 8.50. The number of aromatic nitrogens is 1. The lowest BCUT2D eigenvalue weighted by atomic mass is 9.92. The zero-order valence-corrected chi connectivity index (χ0v) is 18.4. The number of anilines is 1. The van der Waals surface area contributed by atoms with Crippen molar-refractivity contribution in [2.24, 2.45) is 0 Å². The Bertz CT molecular complexity index is 1320. The third-order valence-corrected chi connectivity index (χ3v) is 6.13. The summed E-state index contributed by atoms with van der Waals surface area (Å²) in [6.07, 6.45) is 0.680. The quantitative estimate of drug-likeness (QED) is 0.436. The number of halogens is 1. The third-order valence-electron chi connectivity index (χ3n) is 6.13. The van der Waals surface area contributed by atoms with Crippen molar-refractivity contribution < 1.29 is 18.7 Å². The number of para-hydroxylation sites is 2. The Labute approximate surface area is 190 Å². The van der Waals surface area contributed by atoms with Gasteiger partial charge in [-0.3, -0.25) is 0 Å². The summed E-state index contributed by atoms with van der Waals surface area (Å²) in [6, 6.07) is 18.8. The number of hydrogen-bond acceptors (Lipinski definition) is 3. The Kier molecular flexibility index (Phi) is 5.38. The van der Waals surface area contributed by atoms with Crippen molar-refractivity contribution in [2.45, 2.75) is 12.5 Å². The summed E-state index contributed by atoms with van der Waals surface area (Å²) in [7, 11) is 3.21. The number of benzene rings is 3. The highest BCUT2D eigenvalue weighted by atomic mass is 19.1. The highest BCUT2D eigenvalue weighted by molar-refractivity contribution is 5.93. The number of hydrogen-bond donors (Lipinski definition) is 2. The predicted octanol–water partition coefficient (Wildman–Crippen LogP) is 5.50. The molecule has 0 unspecified atom stereocenters. The van der Waals surface area contributed by atoms with Gasteiger partial charge in [-0.2, -0.15) is 0 Å². The Morgan fingerprint density at radius 1 is 1.06 bits per heavy atom. The Balaban J connectivity index is 1.58. The number of carbonyl (C=O) groups is 1. The molecular weight excluding hydrogens is 421 g/mol. The number of carbonyl (C=O) groups excluding carboxylic acids is 1. The Morgan fingerprint density at radius 3 is 2.61 bits per heavy atom. The molecule has 1 aromatic heterocycles. The lowest BCUT2D eigenvalue weighted by molar-refractivity contribution is 0.193. The first-order chi connectivity index (χ1) is 16.1. The number of rotatable bonds is 4. The van der Waals surface area contributed by atoms with Crippen molar-refractivity contribution in [1.82, 2.24) is 9.88 Å². The highest BCUT2D eigenvalue weighted by Crippen LogP contribution is 2.40. The number of methoxy groups -OCH3 is 2. The van der Waals surface area contributed by atoms with E-state index in [1.165, 1.54) is 12.1 Å². The number of H-pyrrole nitrogens is 1. The molecule has 1 aliphatic heterocycles. The molecule has 0 spiro atoms. The summed E-state index contributed by atoms with van der Waals surface area (Å²) < 4.78 is 24.5. The van der Waals surface area contributed by atoms with E-state index in [0.29, 0.717) is 24.4 Å². The summed E-state index contributed by atoms with van der Waals surface area (Å²) >= 11 is 0. The van der Waals surface area contributed by atoms with Gasteiger partial charge in [0.15, 0.2) is 0 Å². The number of urea groups is 1. The first kappa shape index (κ1) is 20.9. The average Bonchev–Trinajstić information content (AvgIpc) is 3.22. The number of aromatic amines is 1. The molecule has 1 aliphatic rings. The van der Waals surface area contributed by atoms with Crippen molar-refractivity contribution in [3.8, 4) is 11.5 Å². The third kappa shape index (κ3) is 3.75. The Morgan fingerprint density at radius 2 is 1.85 bits per heavy atom. The Hall–Kier alpha value is -4.00. The van der Waals surface area contributed by atoms with Crippen LogP contribution in [0.1, 0.15) is 22.9 Å². The van der Waals surface area contributed by atoms with Gasteiger partial charge < -0.3 is 24.7 Å². The van der Waals surface area contributed by atoms with Gasteiger partial charge in [0.2, 0.25) is 0 Å². The van der Waals surface area contributed by atoms with Gasteiger partial charge in [-0.25, -0.2) is 9.18 Å². The first-order valence-electron chi connectivity index (χ1n) is 10.7. The SMILES string of the molecule is COc1ccc2[nH]c3c(c2c1)CCN(C(=O)Nc1ccccc1OC)[C@H]3c1ccc(F)cc1. The summed E-state index contributed by atoms with van der Waals surface area (Å²) in [5.41, 5.74) is 4.45. The fourth-order valence-electron chi connectivity index (χ4n) is 4.54. The minimum Gasteiger partial charge on any atom is -0.497 e. The molecule has 0 saturated heterocycles. The molecule has 0 fully saturated rings. The largest absolute Gasteiger partial charge is 0.497 e. The molecule has 0 bridgehead atoms. The summed E-state index contributed by atoms with van der Waals surface area (Å²) in [5.74, 6) is 1.04. The molecule has 7 heteroatoms. The maximum atomic E-state index is 13.7. The normalized spacial score (nSPS) is 15.2. The predicted molar refractivity (Wildman–Crippen MR) is 126 cm³/mol. The van der Waals surface area contributed by atoms with Crippen LogP contribution in [0.5, 0.6) is 11.5 Å². The number of fused-ring (bicyclic) bond motifs is 3. The molecule has 2 heterocycles. The summed E-state index contributed by atoms with van der Waals surface area (Å²) in [6.45, 7) is 0.500. The van der Waals surface area contributed by atoms with Crippen LogP contribution in [0.25, 0.3) is 10.9 Å². The van der Waals surface area contributed by atoms with Crippen LogP contribution < -0.4 is 14.8 Å². The molecule has 3 aromatic carbocycles. The van der Waals surface area contributed by atoms with Crippen LogP contribution >= 0.6 is 0 Å². The lowest BCUT2D eigenvalue weighted by Crippen LogP contribution is -2.43. The average molecular weight is 445 g/mol. The van der Waals surface area contributed by atoms with Crippen molar-refractivity contribution in [2.75, 3.05) is 26.1 Å². The van der Waals surface area contributed by atoms with Gasteiger partial charge in [-0.15, -0.1) is 0 Å². The van der Waals surface area contributed by atoms with Crippen LogP contribution in [0.15, 0.2) is 66.7 Å². The van der Waals surface area contributed by atoms with Crippen molar-refractivity contribution >= 4 is 22.6 Å². The van der Waals surface area contributed by atoms with Crippen molar-refractivity contribution in [1.29, 1.82) is 0 Å². The number of nitrogens with zero attached hydrogens (tertiary/aromatic N) is 1. The monoisotopic (exact) mass is 445 g/mol. The van der Waals surface area contributed by atoms with E-state index < -0.39 is 6.04 Å². The van der Waals surface area contributed by atoms with E-state index >= 15 is 0 Å². The van der Waals surface area contributed by atoms with Crippen molar-refractivity contribution in [3.63, 3.8) is 0 Å². The molecule has 168 valence electrons. The van der Waals surface area contributed by atoms with Gasteiger partial charge in [0.25, 0.3) is 0 Å². The minimum absolute atomic E-state index is 0.254. The van der Waals surface area contributed by atoms with Crippen LogP contribution in [0, 0.1) is 5.82 Å². The highest BCUT2D eigenvalue weighted by Gasteiger charge is 2.35. The second-order valence-corrected chi connectivity index (χ2v) is 7.96. The fourth-order valence-corrected chi connectivity index (χ4v) is 4.54. The van der Waals surface area contributed by atoms with Crippen LogP contribution in [0.3, 0.4) is 0 Å². The van der Waals surface area contributed by atoms with Crippen LogP contribution in [-0.4, -0.2) is 36.7 Å². The van der Waals surface area contributed by atoms with E-state index in [2.05, 4.69) is 10.3 Å². The molecule has 1 atom stereocenters. The van der Waals surface area contributed by atoms with E-state index in [9.17, 15) is 9.18 Å². The minimum atomic E-state index is -0.401. The topological polar surface area (TPSA) is 66.6 Å². The van der Waals surface area contributed by atoms with Gasteiger partial charge in [-0.1, -0.05) is 24.3 Å². The molecule has 5 rings (SSSR count). The van der Waals surface area contributed by atoms with Gasteiger partial charge >= 0.3 is 6.03 Å². The molecule has 2 amide bonds. The van der Waals surface area contributed by atoms with Gasteiger partial charge in [-0.05, 0) is 60.0 Å².